The number of hydrogen-bond acceptors (Lipinski definition) is 2. The summed E-state index contributed by atoms with van der Waals surface area (Å²) in [6.07, 6.45) is 2.29. The fourth-order valence-electron chi connectivity index (χ4n) is 2.86. The molecule has 0 fully saturated rings. The molecule has 22 heavy (non-hydrogen) atoms. The molecule has 118 valence electrons. The number of ketones is 1. The van der Waals surface area contributed by atoms with Crippen molar-refractivity contribution in [3.8, 4) is 5.69 Å². The molecular formula is C19H26N2O. The molecular weight excluding hydrogens is 272 g/mol. The van der Waals surface area contributed by atoms with Gasteiger partial charge in [-0.15, -0.1) is 0 Å². The summed E-state index contributed by atoms with van der Waals surface area (Å²) >= 11 is 0. The van der Waals surface area contributed by atoms with Crippen molar-refractivity contribution in [2.24, 2.45) is 0 Å². The van der Waals surface area contributed by atoms with Crippen molar-refractivity contribution in [1.82, 2.24) is 9.47 Å². The highest BCUT2D eigenvalue weighted by atomic mass is 16.1. The van der Waals surface area contributed by atoms with Gasteiger partial charge in [0.05, 0.1) is 6.54 Å². The predicted molar refractivity (Wildman–Crippen MR) is 92.0 cm³/mol. The number of nitrogens with zero attached hydrogens (tertiary/aromatic N) is 2. The van der Waals surface area contributed by atoms with Crippen LogP contribution in [0.4, 0.5) is 0 Å². The Kier molecular flexibility index (Phi) is 5.56. The third-order valence-electron chi connectivity index (χ3n) is 4.05. The van der Waals surface area contributed by atoms with E-state index in [1.165, 1.54) is 0 Å². The van der Waals surface area contributed by atoms with E-state index in [0.717, 1.165) is 42.0 Å². The lowest BCUT2D eigenvalue weighted by molar-refractivity contribution is 0.0945. The van der Waals surface area contributed by atoms with Crippen molar-refractivity contribution >= 4 is 5.78 Å². The number of rotatable bonds is 7. The molecule has 0 N–H and O–H groups in total. The Balaban J connectivity index is 2.21. The molecule has 0 aliphatic rings. The minimum absolute atomic E-state index is 0.203. The molecule has 0 atom stereocenters. The van der Waals surface area contributed by atoms with Gasteiger partial charge in [0.2, 0.25) is 0 Å². The quantitative estimate of drug-likeness (QED) is 0.722. The van der Waals surface area contributed by atoms with Crippen molar-refractivity contribution in [1.29, 1.82) is 0 Å². The molecule has 0 spiro atoms. The van der Waals surface area contributed by atoms with Gasteiger partial charge in [0.1, 0.15) is 0 Å². The number of Topliss-reactive ketones (excluding diaryl/α,β-unsaturated/α-hetero) is 1. The average molecular weight is 298 g/mol. The van der Waals surface area contributed by atoms with E-state index in [0.29, 0.717) is 6.54 Å². The molecule has 3 heteroatoms. The molecule has 2 aromatic rings. The zero-order chi connectivity index (χ0) is 16.1. The average Bonchev–Trinajstić information content (AvgIpc) is 2.81. The molecule has 0 saturated heterocycles. The van der Waals surface area contributed by atoms with Gasteiger partial charge in [-0.2, -0.15) is 0 Å². The predicted octanol–water partition coefficient (Wildman–Crippen LogP) is 4.01. The number of unbranched alkanes of at least 4 members (excludes halogenated alkanes) is 1. The van der Waals surface area contributed by atoms with E-state index < -0.39 is 0 Å². The lowest BCUT2D eigenvalue weighted by atomic mass is 10.1. The Bertz CT molecular complexity index is 628. The van der Waals surface area contributed by atoms with Crippen molar-refractivity contribution in [3.05, 3.63) is 53.3 Å². The molecule has 0 radical (unpaired) electrons. The molecule has 1 heterocycles. The van der Waals surface area contributed by atoms with Crippen LogP contribution in [-0.4, -0.2) is 35.4 Å². The molecule has 1 aromatic carbocycles. The summed E-state index contributed by atoms with van der Waals surface area (Å²) in [6.45, 7) is 7.71. The number of para-hydroxylation sites is 1. The van der Waals surface area contributed by atoms with Crippen LogP contribution in [0, 0.1) is 13.8 Å². The van der Waals surface area contributed by atoms with Crippen LogP contribution in [0.2, 0.25) is 0 Å². The maximum Gasteiger partial charge on any atom is 0.178 e. The first kappa shape index (κ1) is 16.5. The summed E-state index contributed by atoms with van der Waals surface area (Å²) in [5.74, 6) is 0.203. The summed E-state index contributed by atoms with van der Waals surface area (Å²) in [6, 6.07) is 12.2. The molecule has 3 nitrogen and oxygen atoms in total. The number of aryl methyl sites for hydroxylation is 1. The first-order valence-electron chi connectivity index (χ1n) is 8.00. The monoisotopic (exact) mass is 298 g/mol. The van der Waals surface area contributed by atoms with Gasteiger partial charge >= 0.3 is 0 Å². The van der Waals surface area contributed by atoms with Crippen molar-refractivity contribution in [3.63, 3.8) is 0 Å². The van der Waals surface area contributed by atoms with Gasteiger partial charge in [-0.05, 0) is 52.1 Å². The van der Waals surface area contributed by atoms with Crippen LogP contribution in [0.5, 0.6) is 0 Å². The van der Waals surface area contributed by atoms with E-state index in [-0.39, 0.29) is 5.78 Å². The molecule has 2 rings (SSSR count). The summed E-state index contributed by atoms with van der Waals surface area (Å²) in [7, 11) is 2.02. The van der Waals surface area contributed by atoms with Crippen LogP contribution >= 0.6 is 0 Å². The highest BCUT2D eigenvalue weighted by Crippen LogP contribution is 2.21. The Morgan fingerprint density at radius 1 is 1.18 bits per heavy atom. The summed E-state index contributed by atoms with van der Waals surface area (Å²) < 4.78 is 2.15. The fourth-order valence-corrected chi connectivity index (χ4v) is 2.86. The molecule has 0 aliphatic carbocycles. The second-order valence-corrected chi connectivity index (χ2v) is 5.97. The van der Waals surface area contributed by atoms with Crippen LogP contribution < -0.4 is 0 Å². The zero-order valence-corrected chi connectivity index (χ0v) is 14.1. The molecule has 0 unspecified atom stereocenters. The first-order chi connectivity index (χ1) is 10.5. The third kappa shape index (κ3) is 3.66. The Labute approximate surface area is 133 Å². The molecule has 0 bridgehead atoms. The summed E-state index contributed by atoms with van der Waals surface area (Å²) in [5.41, 5.74) is 4.07. The largest absolute Gasteiger partial charge is 0.318 e. The van der Waals surface area contributed by atoms with Crippen molar-refractivity contribution < 1.29 is 4.79 Å². The minimum atomic E-state index is 0.203. The van der Waals surface area contributed by atoms with E-state index in [9.17, 15) is 4.79 Å². The summed E-state index contributed by atoms with van der Waals surface area (Å²) in [5, 5.41) is 0. The maximum atomic E-state index is 12.6. The Morgan fingerprint density at radius 3 is 2.50 bits per heavy atom. The molecule has 0 aliphatic heterocycles. The Morgan fingerprint density at radius 2 is 1.86 bits per heavy atom. The number of benzene rings is 1. The van der Waals surface area contributed by atoms with Gasteiger partial charge in [-0.25, -0.2) is 0 Å². The number of carbonyl (C=O) groups is 1. The van der Waals surface area contributed by atoms with E-state index >= 15 is 0 Å². The maximum absolute atomic E-state index is 12.6. The van der Waals surface area contributed by atoms with Crippen LogP contribution in [0.1, 0.15) is 41.5 Å². The van der Waals surface area contributed by atoms with Crippen LogP contribution in [0.25, 0.3) is 5.69 Å². The fraction of sp³-hybridized carbons (Fsp3) is 0.421. The van der Waals surface area contributed by atoms with Crippen molar-refractivity contribution in [2.75, 3.05) is 20.1 Å². The van der Waals surface area contributed by atoms with Crippen molar-refractivity contribution in [2.45, 2.75) is 33.6 Å². The van der Waals surface area contributed by atoms with E-state index in [1.807, 2.05) is 38.2 Å². The van der Waals surface area contributed by atoms with Gasteiger partial charge in [0, 0.05) is 22.6 Å². The number of carbonyl (C=O) groups excluding carboxylic acids is 1. The highest BCUT2D eigenvalue weighted by Gasteiger charge is 2.17. The van der Waals surface area contributed by atoms with Gasteiger partial charge < -0.3 is 4.57 Å². The second kappa shape index (κ2) is 7.41. The highest BCUT2D eigenvalue weighted by molar-refractivity contribution is 5.99. The second-order valence-electron chi connectivity index (χ2n) is 5.97. The minimum Gasteiger partial charge on any atom is -0.318 e. The lowest BCUT2D eigenvalue weighted by Crippen LogP contribution is -2.27. The third-order valence-corrected chi connectivity index (χ3v) is 4.05. The normalized spacial score (nSPS) is 11.1. The van der Waals surface area contributed by atoms with Crippen LogP contribution in [0.3, 0.4) is 0 Å². The smallest absolute Gasteiger partial charge is 0.178 e. The van der Waals surface area contributed by atoms with E-state index in [1.54, 1.807) is 0 Å². The molecule has 0 amide bonds. The number of hydrogen-bond donors (Lipinski definition) is 0. The molecule has 0 saturated carbocycles. The van der Waals surface area contributed by atoms with Gasteiger partial charge in [0.15, 0.2) is 5.78 Å². The van der Waals surface area contributed by atoms with E-state index in [2.05, 4.69) is 35.4 Å². The number of aromatic nitrogens is 1. The first-order valence-corrected chi connectivity index (χ1v) is 8.00. The standard InChI is InChI=1S/C19H26N2O/c1-5-6-12-20(4)14-19(22)18-13-15(2)21(16(18)3)17-10-8-7-9-11-17/h7-11,13H,5-6,12,14H2,1-4H3. The summed E-state index contributed by atoms with van der Waals surface area (Å²) in [4.78, 5) is 14.7. The van der Waals surface area contributed by atoms with Gasteiger partial charge in [-0.3, -0.25) is 9.69 Å². The van der Waals surface area contributed by atoms with E-state index in [4.69, 9.17) is 0 Å². The topological polar surface area (TPSA) is 25.2 Å². The SMILES string of the molecule is CCCCN(C)CC(=O)c1cc(C)n(-c2ccccc2)c1C. The van der Waals surface area contributed by atoms with Gasteiger partial charge in [-0.1, -0.05) is 31.5 Å². The molecule has 1 aromatic heterocycles. The van der Waals surface area contributed by atoms with Crippen LogP contribution in [-0.2, 0) is 0 Å². The number of likely N-dealkylation sites (N-methyl/N-ethyl adjacent to an activating group) is 1. The van der Waals surface area contributed by atoms with Gasteiger partial charge in [0.25, 0.3) is 0 Å². The lowest BCUT2D eigenvalue weighted by Gasteiger charge is -2.15. The Hall–Kier alpha value is -1.87. The zero-order valence-electron chi connectivity index (χ0n) is 14.1. The van der Waals surface area contributed by atoms with Crippen LogP contribution in [0.15, 0.2) is 36.4 Å².